The van der Waals surface area contributed by atoms with Crippen molar-refractivity contribution in [1.29, 1.82) is 0 Å². The van der Waals surface area contributed by atoms with Crippen LogP contribution in [0.4, 0.5) is 11.9 Å². The lowest BCUT2D eigenvalue weighted by molar-refractivity contribution is 0.0852. The molecule has 8 nitrogen and oxygen atoms in total. The summed E-state index contributed by atoms with van der Waals surface area (Å²) < 4.78 is 5.53. The van der Waals surface area contributed by atoms with Crippen LogP contribution in [0, 0.1) is 0 Å². The Hall–Kier alpha value is -3.23. The van der Waals surface area contributed by atoms with Crippen molar-refractivity contribution < 1.29 is 14.9 Å². The fourth-order valence-electron chi connectivity index (χ4n) is 4.63. The third-order valence-electron chi connectivity index (χ3n) is 6.59. The minimum atomic E-state index is -0.124. The second kappa shape index (κ2) is 9.33. The monoisotopic (exact) mass is 447 g/mol. The summed E-state index contributed by atoms with van der Waals surface area (Å²) in [5.41, 5.74) is 3.17. The average Bonchev–Trinajstić information content (AvgIpc) is 2.87. The number of hydrogen-bond acceptors (Lipinski definition) is 8. The molecule has 0 saturated carbocycles. The summed E-state index contributed by atoms with van der Waals surface area (Å²) in [4.78, 5) is 18.6. The first kappa shape index (κ1) is 21.6. The fraction of sp³-hybridized carbons (Fsp3) is 0.400. The van der Waals surface area contributed by atoms with Crippen LogP contribution in [0.3, 0.4) is 0 Å². The van der Waals surface area contributed by atoms with Crippen molar-refractivity contribution in [3.05, 3.63) is 59.7 Å². The van der Waals surface area contributed by atoms with E-state index in [-0.39, 0.29) is 24.4 Å². The van der Waals surface area contributed by atoms with Gasteiger partial charge in [0.25, 0.3) is 0 Å². The molecule has 2 N–H and O–H groups in total. The van der Waals surface area contributed by atoms with E-state index in [2.05, 4.69) is 21.9 Å². The molecule has 3 aromatic rings. The molecule has 2 aliphatic rings. The lowest BCUT2D eigenvalue weighted by atomic mass is 9.94. The molecule has 1 fully saturated rings. The number of phenolic OH excluding ortho intramolecular Hbond substituents is 1. The molecule has 1 atom stereocenters. The molecule has 1 aromatic heterocycles. The number of aliphatic hydroxyl groups excluding tert-OH is 1. The standard InChI is InChI=1S/C25H29N5O3/c1-29(20-9-11-33-12-10-20)24-26-23(18-7-4-8-22(32)14-18)27-25(28-24)30-15-19-6-3-2-5-17(19)13-21(30)16-31/h2-8,14,20-21,31-32H,9-13,15-16H2,1H3/t21-/m1/s1. The lowest BCUT2D eigenvalue weighted by Crippen LogP contribution is -2.44. The molecule has 0 radical (unpaired) electrons. The normalized spacial score (nSPS) is 18.7. The van der Waals surface area contributed by atoms with E-state index in [9.17, 15) is 10.2 Å². The Labute approximate surface area is 193 Å². The Morgan fingerprint density at radius 1 is 1.03 bits per heavy atom. The van der Waals surface area contributed by atoms with Gasteiger partial charge in [0, 0.05) is 38.4 Å². The third-order valence-corrected chi connectivity index (χ3v) is 6.59. The van der Waals surface area contributed by atoms with Crippen molar-refractivity contribution in [2.75, 3.05) is 36.7 Å². The Morgan fingerprint density at radius 3 is 2.58 bits per heavy atom. The van der Waals surface area contributed by atoms with E-state index < -0.39 is 0 Å². The van der Waals surface area contributed by atoms with Crippen LogP contribution < -0.4 is 9.80 Å². The number of benzene rings is 2. The van der Waals surface area contributed by atoms with Crippen LogP contribution in [0.5, 0.6) is 5.75 Å². The highest BCUT2D eigenvalue weighted by molar-refractivity contribution is 5.61. The van der Waals surface area contributed by atoms with E-state index in [1.807, 2.05) is 25.2 Å². The smallest absolute Gasteiger partial charge is 0.231 e. The molecule has 0 bridgehead atoms. The molecule has 5 rings (SSSR count). The quantitative estimate of drug-likeness (QED) is 0.617. The van der Waals surface area contributed by atoms with Gasteiger partial charge in [-0.25, -0.2) is 0 Å². The van der Waals surface area contributed by atoms with Crippen molar-refractivity contribution in [2.24, 2.45) is 0 Å². The maximum Gasteiger partial charge on any atom is 0.231 e. The van der Waals surface area contributed by atoms with Crippen molar-refractivity contribution in [2.45, 2.75) is 37.9 Å². The Kier molecular flexibility index (Phi) is 6.11. The van der Waals surface area contributed by atoms with Crippen LogP contribution in [0.2, 0.25) is 0 Å². The van der Waals surface area contributed by atoms with Crippen LogP contribution in [-0.2, 0) is 17.7 Å². The first-order valence-corrected chi connectivity index (χ1v) is 11.4. The van der Waals surface area contributed by atoms with Crippen molar-refractivity contribution in [3.63, 3.8) is 0 Å². The molecule has 2 aliphatic heterocycles. The Morgan fingerprint density at radius 2 is 1.82 bits per heavy atom. The van der Waals surface area contributed by atoms with Gasteiger partial charge in [-0.15, -0.1) is 0 Å². The first-order chi connectivity index (χ1) is 16.1. The van der Waals surface area contributed by atoms with Crippen LogP contribution in [0.15, 0.2) is 48.5 Å². The molecular formula is C25H29N5O3. The predicted molar refractivity (Wildman–Crippen MR) is 126 cm³/mol. The van der Waals surface area contributed by atoms with E-state index in [4.69, 9.17) is 19.7 Å². The topological polar surface area (TPSA) is 94.8 Å². The number of ether oxygens (including phenoxy) is 1. The van der Waals surface area contributed by atoms with Gasteiger partial charge >= 0.3 is 0 Å². The second-order valence-electron chi connectivity index (χ2n) is 8.70. The first-order valence-electron chi connectivity index (χ1n) is 11.4. The number of phenols is 1. The zero-order valence-corrected chi connectivity index (χ0v) is 18.8. The van der Waals surface area contributed by atoms with Gasteiger partial charge in [-0.3, -0.25) is 0 Å². The van der Waals surface area contributed by atoms with E-state index >= 15 is 0 Å². The molecule has 0 aliphatic carbocycles. The molecule has 2 aromatic carbocycles. The number of fused-ring (bicyclic) bond motifs is 1. The molecular weight excluding hydrogens is 418 g/mol. The minimum Gasteiger partial charge on any atom is -0.508 e. The molecule has 0 spiro atoms. The number of aromatic hydroxyl groups is 1. The molecule has 3 heterocycles. The van der Waals surface area contributed by atoms with Crippen LogP contribution in [0.25, 0.3) is 11.4 Å². The summed E-state index contributed by atoms with van der Waals surface area (Å²) in [6, 6.07) is 15.4. The Balaban J connectivity index is 1.57. The summed E-state index contributed by atoms with van der Waals surface area (Å²) in [7, 11) is 2.01. The second-order valence-corrected chi connectivity index (χ2v) is 8.70. The van der Waals surface area contributed by atoms with Crippen LogP contribution in [0.1, 0.15) is 24.0 Å². The van der Waals surface area contributed by atoms with Crippen molar-refractivity contribution in [1.82, 2.24) is 15.0 Å². The van der Waals surface area contributed by atoms with Gasteiger partial charge in [0.15, 0.2) is 5.82 Å². The number of nitrogens with zero attached hydrogens (tertiary/aromatic N) is 5. The van der Waals surface area contributed by atoms with Gasteiger partial charge in [-0.05, 0) is 42.5 Å². The predicted octanol–water partition coefficient (Wildman–Crippen LogP) is 2.78. The SMILES string of the molecule is CN(c1nc(-c2cccc(O)c2)nc(N2Cc3ccccc3C[C@@H]2CO)n1)C1CCOCC1. The van der Waals surface area contributed by atoms with Crippen LogP contribution >= 0.6 is 0 Å². The number of rotatable bonds is 5. The number of anilines is 2. The number of hydrogen-bond donors (Lipinski definition) is 2. The molecule has 0 unspecified atom stereocenters. The van der Waals surface area contributed by atoms with Gasteiger partial charge in [-0.2, -0.15) is 15.0 Å². The molecule has 0 amide bonds. The largest absolute Gasteiger partial charge is 0.508 e. The average molecular weight is 448 g/mol. The highest BCUT2D eigenvalue weighted by Gasteiger charge is 2.30. The molecule has 33 heavy (non-hydrogen) atoms. The lowest BCUT2D eigenvalue weighted by Gasteiger charge is -2.37. The van der Waals surface area contributed by atoms with Crippen molar-refractivity contribution >= 4 is 11.9 Å². The summed E-state index contributed by atoms with van der Waals surface area (Å²) in [6.07, 6.45) is 2.55. The van der Waals surface area contributed by atoms with Gasteiger partial charge in [-0.1, -0.05) is 36.4 Å². The molecule has 1 saturated heterocycles. The van der Waals surface area contributed by atoms with E-state index in [1.165, 1.54) is 11.1 Å². The maximum atomic E-state index is 10.2. The zero-order valence-electron chi connectivity index (χ0n) is 18.8. The van der Waals surface area contributed by atoms with E-state index in [0.717, 1.165) is 38.0 Å². The highest BCUT2D eigenvalue weighted by atomic mass is 16.5. The minimum absolute atomic E-state index is 0.00656. The molecule has 172 valence electrons. The maximum absolute atomic E-state index is 10.2. The Bertz CT molecular complexity index is 1120. The van der Waals surface area contributed by atoms with Gasteiger partial charge < -0.3 is 24.7 Å². The van der Waals surface area contributed by atoms with Crippen LogP contribution in [-0.4, -0.2) is 64.1 Å². The highest BCUT2D eigenvalue weighted by Crippen LogP contribution is 2.30. The van der Waals surface area contributed by atoms with Gasteiger partial charge in [0.05, 0.1) is 12.6 Å². The van der Waals surface area contributed by atoms with E-state index in [0.29, 0.717) is 24.3 Å². The summed E-state index contributed by atoms with van der Waals surface area (Å²) in [5, 5.41) is 20.2. The van der Waals surface area contributed by atoms with Gasteiger partial charge in [0.2, 0.25) is 11.9 Å². The van der Waals surface area contributed by atoms with E-state index in [1.54, 1.807) is 18.2 Å². The summed E-state index contributed by atoms with van der Waals surface area (Å²) in [5.74, 6) is 1.78. The summed E-state index contributed by atoms with van der Waals surface area (Å²) >= 11 is 0. The molecule has 8 heteroatoms. The number of aliphatic hydroxyl groups is 1. The zero-order chi connectivity index (χ0) is 22.8. The van der Waals surface area contributed by atoms with Gasteiger partial charge in [0.1, 0.15) is 5.75 Å². The third kappa shape index (κ3) is 4.49. The van der Waals surface area contributed by atoms with Crippen molar-refractivity contribution in [3.8, 4) is 17.1 Å². The number of aromatic nitrogens is 3. The summed E-state index contributed by atoms with van der Waals surface area (Å²) in [6.45, 7) is 2.07. The fourth-order valence-corrected chi connectivity index (χ4v) is 4.63.